The van der Waals surface area contributed by atoms with Gasteiger partial charge in [-0.2, -0.15) is 0 Å². The zero-order valence-corrected chi connectivity index (χ0v) is 16.3. The Morgan fingerprint density at radius 3 is 2.71 bits per heavy atom. The van der Waals surface area contributed by atoms with Gasteiger partial charge in [-0.25, -0.2) is 9.97 Å². The third kappa shape index (κ3) is 3.82. The molecular formula is C20H24N6O2. The number of aryl methyl sites for hydroxylation is 1. The Bertz CT molecular complexity index is 954. The summed E-state index contributed by atoms with van der Waals surface area (Å²) in [5, 5.41) is 22.5. The molecule has 2 aromatic heterocycles. The van der Waals surface area contributed by atoms with Crippen molar-refractivity contribution >= 4 is 5.95 Å². The van der Waals surface area contributed by atoms with Crippen LogP contribution in [0.15, 0.2) is 35.0 Å². The summed E-state index contributed by atoms with van der Waals surface area (Å²) in [6, 6.07) is 6.17. The first-order valence-electron chi connectivity index (χ1n) is 9.46. The van der Waals surface area contributed by atoms with E-state index in [9.17, 15) is 5.11 Å². The summed E-state index contributed by atoms with van der Waals surface area (Å²) >= 11 is 0. The average Bonchev–Trinajstić information content (AvgIpc) is 3.30. The molecule has 8 heteroatoms. The molecule has 4 rings (SSSR count). The predicted molar refractivity (Wildman–Crippen MR) is 106 cm³/mol. The Morgan fingerprint density at radius 2 is 2.07 bits per heavy atom. The average molecular weight is 380 g/mol. The highest BCUT2D eigenvalue weighted by Crippen LogP contribution is 2.32. The number of hydrogen-bond acceptors (Lipinski definition) is 8. The van der Waals surface area contributed by atoms with Gasteiger partial charge in [0.15, 0.2) is 11.7 Å². The Labute approximate surface area is 163 Å². The molecule has 1 aromatic carbocycles. The van der Waals surface area contributed by atoms with E-state index in [1.807, 2.05) is 6.07 Å². The maximum atomic E-state index is 10.4. The van der Waals surface area contributed by atoms with E-state index in [0.717, 1.165) is 25.1 Å². The van der Waals surface area contributed by atoms with Crippen molar-refractivity contribution in [2.24, 2.45) is 0 Å². The van der Waals surface area contributed by atoms with E-state index in [4.69, 9.17) is 4.42 Å². The quantitative estimate of drug-likeness (QED) is 0.697. The summed E-state index contributed by atoms with van der Waals surface area (Å²) in [6.07, 6.45) is 4.35. The fourth-order valence-corrected chi connectivity index (χ4v) is 3.48. The van der Waals surface area contributed by atoms with Crippen LogP contribution in [-0.2, 0) is 0 Å². The number of hydrogen-bond donors (Lipinski definition) is 2. The number of phenolic OH excluding ortho intramolecular Hbond substituents is 1. The summed E-state index contributed by atoms with van der Waals surface area (Å²) in [4.78, 5) is 10.7. The molecule has 2 N–H and O–H groups in total. The highest BCUT2D eigenvalue weighted by Gasteiger charge is 2.25. The number of oxazole rings is 1. The van der Waals surface area contributed by atoms with E-state index in [1.165, 1.54) is 0 Å². The lowest BCUT2D eigenvalue weighted by atomic mass is 10.1. The van der Waals surface area contributed by atoms with E-state index >= 15 is 0 Å². The number of nitrogens with one attached hydrogen (secondary N) is 1. The minimum Gasteiger partial charge on any atom is -0.507 e. The Kier molecular flexibility index (Phi) is 4.95. The monoisotopic (exact) mass is 380 g/mol. The fourth-order valence-electron chi connectivity index (χ4n) is 3.48. The number of anilines is 1. The SMILES string of the molecule is Cc1ncc(-c2ccc(-c3cnc(N4CC[C@H](NC(C)C)C4)nn3)c(O)c2)o1. The Balaban J connectivity index is 1.50. The lowest BCUT2D eigenvalue weighted by Gasteiger charge is -2.18. The molecular weight excluding hydrogens is 356 g/mol. The topological polar surface area (TPSA) is 100 Å². The minimum atomic E-state index is 0.0952. The molecule has 1 atom stereocenters. The summed E-state index contributed by atoms with van der Waals surface area (Å²) < 4.78 is 5.50. The first kappa shape index (κ1) is 18.4. The van der Waals surface area contributed by atoms with Gasteiger partial charge in [-0.1, -0.05) is 19.9 Å². The standard InChI is InChI=1S/C20H24N6O2/c1-12(2)23-15-6-7-26(11-15)20-22-9-17(24-25-20)16-5-4-14(8-18(16)27)19-10-21-13(3)28-19/h4-5,8-10,12,15,23,27H,6-7,11H2,1-3H3/t15-/m0/s1. The van der Waals surface area contributed by atoms with E-state index < -0.39 is 0 Å². The van der Waals surface area contributed by atoms with Crippen LogP contribution >= 0.6 is 0 Å². The van der Waals surface area contributed by atoms with Gasteiger partial charge in [0.05, 0.1) is 12.4 Å². The minimum absolute atomic E-state index is 0.0952. The lowest BCUT2D eigenvalue weighted by molar-refractivity contribution is 0.476. The fraction of sp³-hybridized carbons (Fsp3) is 0.400. The van der Waals surface area contributed by atoms with E-state index in [2.05, 4.69) is 44.2 Å². The first-order chi connectivity index (χ1) is 13.5. The van der Waals surface area contributed by atoms with Gasteiger partial charge in [0.25, 0.3) is 0 Å². The van der Waals surface area contributed by atoms with Crippen LogP contribution in [0.1, 0.15) is 26.2 Å². The largest absolute Gasteiger partial charge is 0.507 e. The van der Waals surface area contributed by atoms with Crippen molar-refractivity contribution in [1.82, 2.24) is 25.5 Å². The normalized spacial score (nSPS) is 16.9. The number of phenols is 1. The smallest absolute Gasteiger partial charge is 0.245 e. The Morgan fingerprint density at radius 1 is 1.21 bits per heavy atom. The molecule has 3 heterocycles. The van der Waals surface area contributed by atoms with E-state index in [1.54, 1.807) is 31.5 Å². The number of nitrogens with zero attached hydrogens (tertiary/aromatic N) is 5. The molecule has 1 aliphatic rings. The van der Waals surface area contributed by atoms with Crippen LogP contribution in [0.5, 0.6) is 5.75 Å². The molecule has 0 spiro atoms. The molecule has 1 fully saturated rings. The van der Waals surface area contributed by atoms with Gasteiger partial charge < -0.3 is 19.7 Å². The molecule has 1 saturated heterocycles. The molecule has 0 bridgehead atoms. The van der Waals surface area contributed by atoms with Gasteiger partial charge in [-0.3, -0.25) is 0 Å². The van der Waals surface area contributed by atoms with Crippen LogP contribution in [0.25, 0.3) is 22.6 Å². The summed E-state index contributed by atoms with van der Waals surface area (Å²) in [6.45, 7) is 7.85. The molecule has 8 nitrogen and oxygen atoms in total. The van der Waals surface area contributed by atoms with E-state index in [-0.39, 0.29) is 5.75 Å². The number of benzene rings is 1. The summed E-state index contributed by atoms with van der Waals surface area (Å²) in [5.41, 5.74) is 1.85. The van der Waals surface area contributed by atoms with Gasteiger partial charge in [0.2, 0.25) is 5.95 Å². The molecule has 0 amide bonds. The second-order valence-corrected chi connectivity index (χ2v) is 7.37. The van der Waals surface area contributed by atoms with Crippen molar-refractivity contribution in [1.29, 1.82) is 0 Å². The van der Waals surface area contributed by atoms with Crippen LogP contribution in [0, 0.1) is 6.92 Å². The van der Waals surface area contributed by atoms with Crippen LogP contribution in [-0.4, -0.2) is 50.4 Å². The van der Waals surface area contributed by atoms with Crippen LogP contribution in [0.2, 0.25) is 0 Å². The summed E-state index contributed by atoms with van der Waals surface area (Å²) in [5.74, 6) is 1.90. The molecule has 146 valence electrons. The van der Waals surface area contributed by atoms with Crippen molar-refractivity contribution in [2.45, 2.75) is 39.3 Å². The highest BCUT2D eigenvalue weighted by molar-refractivity contribution is 5.71. The van der Waals surface area contributed by atoms with Crippen molar-refractivity contribution in [3.63, 3.8) is 0 Å². The molecule has 0 unspecified atom stereocenters. The highest BCUT2D eigenvalue weighted by atomic mass is 16.4. The number of aromatic nitrogens is 4. The molecule has 1 aliphatic heterocycles. The Hall–Kier alpha value is -3.00. The molecule has 28 heavy (non-hydrogen) atoms. The molecule has 0 aliphatic carbocycles. The molecule has 3 aromatic rings. The number of rotatable bonds is 5. The van der Waals surface area contributed by atoms with Gasteiger partial charge >= 0.3 is 0 Å². The predicted octanol–water partition coefficient (Wildman–Crippen LogP) is 2.78. The van der Waals surface area contributed by atoms with Crippen molar-refractivity contribution in [3.05, 3.63) is 36.5 Å². The second kappa shape index (κ2) is 7.55. The zero-order chi connectivity index (χ0) is 19.7. The first-order valence-corrected chi connectivity index (χ1v) is 9.46. The van der Waals surface area contributed by atoms with Gasteiger partial charge in [0.1, 0.15) is 11.4 Å². The van der Waals surface area contributed by atoms with Crippen molar-refractivity contribution < 1.29 is 9.52 Å². The third-order valence-electron chi connectivity index (χ3n) is 4.77. The maximum Gasteiger partial charge on any atom is 0.245 e. The van der Waals surface area contributed by atoms with Crippen molar-refractivity contribution in [3.8, 4) is 28.3 Å². The van der Waals surface area contributed by atoms with Gasteiger partial charge in [-0.15, -0.1) is 10.2 Å². The summed E-state index contributed by atoms with van der Waals surface area (Å²) in [7, 11) is 0. The van der Waals surface area contributed by atoms with E-state index in [0.29, 0.717) is 40.9 Å². The van der Waals surface area contributed by atoms with Crippen LogP contribution in [0.3, 0.4) is 0 Å². The second-order valence-electron chi connectivity index (χ2n) is 7.37. The molecule has 0 saturated carbocycles. The van der Waals surface area contributed by atoms with Crippen molar-refractivity contribution in [2.75, 3.05) is 18.0 Å². The lowest BCUT2D eigenvalue weighted by Crippen LogP contribution is -2.37. The maximum absolute atomic E-state index is 10.4. The van der Waals surface area contributed by atoms with Gasteiger partial charge in [-0.05, 0) is 18.6 Å². The molecule has 0 radical (unpaired) electrons. The third-order valence-corrected chi connectivity index (χ3v) is 4.77. The zero-order valence-electron chi connectivity index (χ0n) is 16.3. The number of aromatic hydroxyl groups is 1. The van der Waals surface area contributed by atoms with Crippen LogP contribution < -0.4 is 10.2 Å². The van der Waals surface area contributed by atoms with Gasteiger partial charge in [0, 0.05) is 43.2 Å². The van der Waals surface area contributed by atoms with Crippen LogP contribution in [0.4, 0.5) is 5.95 Å².